The number of hydrogen-bond donors (Lipinski definition) is 1. The summed E-state index contributed by atoms with van der Waals surface area (Å²) < 4.78 is 12.7. The third-order valence-corrected chi connectivity index (χ3v) is 2.24. The summed E-state index contributed by atoms with van der Waals surface area (Å²) in [6.45, 7) is 2.65. The van der Waals surface area contributed by atoms with Gasteiger partial charge in [0.1, 0.15) is 5.82 Å². The molecule has 72 valence electrons. The number of nitrogens with one attached hydrogen (secondary N) is 1. The molecule has 0 bridgehead atoms. The van der Waals surface area contributed by atoms with Crippen molar-refractivity contribution in [2.24, 2.45) is 0 Å². The van der Waals surface area contributed by atoms with Crippen molar-refractivity contribution in [3.63, 3.8) is 0 Å². The number of halogens is 2. The molecule has 0 aromatic heterocycles. The number of rotatable bonds is 4. The van der Waals surface area contributed by atoms with Crippen molar-refractivity contribution in [2.45, 2.75) is 19.5 Å². The summed E-state index contributed by atoms with van der Waals surface area (Å²) >= 11 is 5.61. The number of benzene rings is 1. The normalized spacial score (nSPS) is 12.8. The zero-order chi connectivity index (χ0) is 9.68. The van der Waals surface area contributed by atoms with E-state index < -0.39 is 0 Å². The second-order valence-corrected chi connectivity index (χ2v) is 3.37. The lowest BCUT2D eigenvalue weighted by Gasteiger charge is -2.09. The quantitative estimate of drug-likeness (QED) is 0.739. The average Bonchev–Trinajstić information content (AvgIpc) is 2.14. The smallest absolute Gasteiger partial charge is 0.123 e. The molecule has 0 aliphatic rings. The van der Waals surface area contributed by atoms with Gasteiger partial charge in [-0.2, -0.15) is 0 Å². The van der Waals surface area contributed by atoms with Gasteiger partial charge in [0.25, 0.3) is 0 Å². The van der Waals surface area contributed by atoms with Gasteiger partial charge in [-0.05, 0) is 24.6 Å². The lowest BCUT2D eigenvalue weighted by atomic mass is 10.2. The molecule has 1 unspecified atom stereocenters. The molecule has 0 heterocycles. The molecule has 1 atom stereocenters. The molecule has 0 spiro atoms. The third-order valence-electron chi connectivity index (χ3n) is 1.78. The lowest BCUT2D eigenvalue weighted by molar-refractivity contribution is 0.585. The van der Waals surface area contributed by atoms with Gasteiger partial charge in [-0.1, -0.05) is 12.1 Å². The molecule has 3 heteroatoms. The van der Waals surface area contributed by atoms with Crippen LogP contribution in [0.2, 0.25) is 0 Å². The number of hydrogen-bond acceptors (Lipinski definition) is 1. The molecule has 0 aliphatic heterocycles. The molecule has 0 saturated heterocycles. The zero-order valence-electron chi connectivity index (χ0n) is 7.56. The van der Waals surface area contributed by atoms with Crippen molar-refractivity contribution in [3.05, 3.63) is 35.6 Å². The van der Waals surface area contributed by atoms with Crippen molar-refractivity contribution in [1.82, 2.24) is 5.32 Å². The van der Waals surface area contributed by atoms with Crippen molar-refractivity contribution >= 4 is 11.6 Å². The molecule has 0 radical (unpaired) electrons. The second-order valence-electron chi connectivity index (χ2n) is 3.07. The van der Waals surface area contributed by atoms with E-state index in [1.165, 1.54) is 12.1 Å². The minimum Gasteiger partial charge on any atom is -0.309 e. The summed E-state index contributed by atoms with van der Waals surface area (Å²) in [7, 11) is 0. The first-order chi connectivity index (χ1) is 6.22. The van der Waals surface area contributed by atoms with E-state index in [4.69, 9.17) is 11.6 Å². The Kier molecular flexibility index (Phi) is 4.19. The molecular weight excluding hydrogens is 189 g/mol. The molecule has 13 heavy (non-hydrogen) atoms. The molecular formula is C10H13ClFN. The Labute approximate surface area is 82.9 Å². The van der Waals surface area contributed by atoms with Crippen molar-refractivity contribution in [3.8, 4) is 0 Å². The Morgan fingerprint density at radius 1 is 1.54 bits per heavy atom. The number of alkyl halides is 1. The van der Waals surface area contributed by atoms with Gasteiger partial charge in [-0.25, -0.2) is 4.39 Å². The van der Waals surface area contributed by atoms with Gasteiger partial charge in [0, 0.05) is 18.5 Å². The van der Waals surface area contributed by atoms with Crippen molar-refractivity contribution in [2.75, 3.05) is 5.88 Å². The Morgan fingerprint density at radius 3 is 2.92 bits per heavy atom. The van der Waals surface area contributed by atoms with Crippen LogP contribution in [-0.4, -0.2) is 11.9 Å². The van der Waals surface area contributed by atoms with Crippen LogP contribution in [0.15, 0.2) is 24.3 Å². The van der Waals surface area contributed by atoms with Crippen LogP contribution in [0, 0.1) is 5.82 Å². The van der Waals surface area contributed by atoms with E-state index in [1.54, 1.807) is 6.07 Å². The Balaban J connectivity index is 2.45. The first-order valence-electron chi connectivity index (χ1n) is 4.26. The summed E-state index contributed by atoms with van der Waals surface area (Å²) in [4.78, 5) is 0. The SMILES string of the molecule is CC(CCl)NCc1cccc(F)c1. The molecule has 1 aromatic rings. The van der Waals surface area contributed by atoms with E-state index in [1.807, 2.05) is 13.0 Å². The molecule has 1 rings (SSSR count). The first kappa shape index (κ1) is 10.5. The molecule has 1 N–H and O–H groups in total. The summed E-state index contributed by atoms with van der Waals surface area (Å²) in [5.74, 6) is 0.368. The van der Waals surface area contributed by atoms with Crippen LogP contribution >= 0.6 is 11.6 Å². The van der Waals surface area contributed by atoms with E-state index in [9.17, 15) is 4.39 Å². The van der Waals surface area contributed by atoms with Crippen LogP contribution in [0.1, 0.15) is 12.5 Å². The largest absolute Gasteiger partial charge is 0.309 e. The lowest BCUT2D eigenvalue weighted by Crippen LogP contribution is -2.26. The fourth-order valence-electron chi connectivity index (χ4n) is 0.994. The molecule has 1 nitrogen and oxygen atoms in total. The minimum atomic E-state index is -0.196. The minimum absolute atomic E-state index is 0.196. The standard InChI is InChI=1S/C10H13ClFN/c1-8(6-11)13-7-9-3-2-4-10(12)5-9/h2-5,8,13H,6-7H2,1H3. The maximum atomic E-state index is 12.7. The topological polar surface area (TPSA) is 12.0 Å². The monoisotopic (exact) mass is 201 g/mol. The second kappa shape index (κ2) is 5.20. The van der Waals surface area contributed by atoms with Crippen LogP contribution < -0.4 is 5.32 Å². The van der Waals surface area contributed by atoms with Crippen molar-refractivity contribution in [1.29, 1.82) is 0 Å². The Bertz CT molecular complexity index is 265. The third kappa shape index (κ3) is 3.75. The highest BCUT2D eigenvalue weighted by Gasteiger charge is 1.99. The Morgan fingerprint density at radius 2 is 2.31 bits per heavy atom. The first-order valence-corrected chi connectivity index (χ1v) is 4.79. The maximum absolute atomic E-state index is 12.7. The summed E-state index contributed by atoms with van der Waals surface area (Å²) in [5.41, 5.74) is 0.942. The summed E-state index contributed by atoms with van der Waals surface area (Å²) in [6, 6.07) is 6.81. The van der Waals surface area contributed by atoms with Gasteiger partial charge < -0.3 is 5.32 Å². The van der Waals surface area contributed by atoms with Crippen LogP contribution in [0.5, 0.6) is 0 Å². The fraction of sp³-hybridized carbons (Fsp3) is 0.400. The van der Waals surface area contributed by atoms with Gasteiger partial charge >= 0.3 is 0 Å². The average molecular weight is 202 g/mol. The maximum Gasteiger partial charge on any atom is 0.123 e. The molecule has 0 aliphatic carbocycles. The molecule has 0 saturated carbocycles. The molecule has 1 aromatic carbocycles. The highest BCUT2D eigenvalue weighted by molar-refractivity contribution is 6.18. The van der Waals surface area contributed by atoms with Crippen LogP contribution in [-0.2, 0) is 6.54 Å². The molecule has 0 fully saturated rings. The van der Waals surface area contributed by atoms with Crippen LogP contribution in [0.3, 0.4) is 0 Å². The van der Waals surface area contributed by atoms with Gasteiger partial charge in [-0.3, -0.25) is 0 Å². The highest BCUT2D eigenvalue weighted by atomic mass is 35.5. The fourth-order valence-corrected chi connectivity index (χ4v) is 1.10. The van der Waals surface area contributed by atoms with Gasteiger partial charge in [0.05, 0.1) is 0 Å². The van der Waals surface area contributed by atoms with Gasteiger partial charge in [-0.15, -0.1) is 11.6 Å². The highest BCUT2D eigenvalue weighted by Crippen LogP contribution is 2.03. The Hall–Kier alpha value is -0.600. The predicted octanol–water partition coefficient (Wildman–Crippen LogP) is 2.54. The van der Waals surface area contributed by atoms with E-state index >= 15 is 0 Å². The summed E-state index contributed by atoms with van der Waals surface area (Å²) in [6.07, 6.45) is 0. The predicted molar refractivity (Wildman–Crippen MR) is 53.4 cm³/mol. The van der Waals surface area contributed by atoms with Crippen molar-refractivity contribution < 1.29 is 4.39 Å². The van der Waals surface area contributed by atoms with E-state index in [-0.39, 0.29) is 11.9 Å². The van der Waals surface area contributed by atoms with E-state index in [0.29, 0.717) is 12.4 Å². The van der Waals surface area contributed by atoms with Crippen LogP contribution in [0.25, 0.3) is 0 Å². The zero-order valence-corrected chi connectivity index (χ0v) is 8.31. The van der Waals surface area contributed by atoms with E-state index in [0.717, 1.165) is 5.56 Å². The molecule has 0 amide bonds. The van der Waals surface area contributed by atoms with Gasteiger partial charge in [0.2, 0.25) is 0 Å². The summed E-state index contributed by atoms with van der Waals surface area (Å²) in [5, 5.41) is 3.18. The van der Waals surface area contributed by atoms with E-state index in [2.05, 4.69) is 5.32 Å². The van der Waals surface area contributed by atoms with Gasteiger partial charge in [0.15, 0.2) is 0 Å². The van der Waals surface area contributed by atoms with Crippen LogP contribution in [0.4, 0.5) is 4.39 Å².